The number of rotatable bonds is 5. The van der Waals surface area contributed by atoms with Crippen LogP contribution >= 0.6 is 11.3 Å². The van der Waals surface area contributed by atoms with Crippen LogP contribution < -0.4 is 5.32 Å². The Morgan fingerprint density at radius 1 is 1.50 bits per heavy atom. The Kier molecular flexibility index (Phi) is 4.75. The minimum Gasteiger partial charge on any atom is -0.381 e. The molecule has 1 saturated heterocycles. The first kappa shape index (κ1) is 12.0. The Labute approximate surface area is 101 Å². The molecular formula is C12H20N2OS. The molecule has 1 aliphatic heterocycles. The molecule has 16 heavy (non-hydrogen) atoms. The highest BCUT2D eigenvalue weighted by molar-refractivity contribution is 7.09. The Morgan fingerprint density at radius 2 is 2.31 bits per heavy atom. The number of thiazole rings is 1. The first-order chi connectivity index (χ1) is 7.86. The number of hydrogen-bond acceptors (Lipinski definition) is 4. The predicted octanol–water partition coefficient (Wildman–Crippen LogP) is 2.01. The van der Waals surface area contributed by atoms with E-state index in [1.54, 1.807) is 11.3 Å². The molecule has 0 radical (unpaired) electrons. The van der Waals surface area contributed by atoms with E-state index in [0.717, 1.165) is 44.3 Å². The number of nitrogens with zero attached hydrogens (tertiary/aromatic N) is 1. The third-order valence-electron chi connectivity index (χ3n) is 3.13. The zero-order chi connectivity index (χ0) is 11.2. The van der Waals surface area contributed by atoms with Crippen molar-refractivity contribution < 1.29 is 4.74 Å². The van der Waals surface area contributed by atoms with Crippen LogP contribution in [0, 0.1) is 12.8 Å². The number of aromatic nitrogens is 1. The molecule has 1 aromatic heterocycles. The Bertz CT molecular complexity index is 308. The molecule has 0 saturated carbocycles. The molecule has 1 fully saturated rings. The molecule has 4 heteroatoms. The Hall–Kier alpha value is -0.450. The fourth-order valence-corrected chi connectivity index (χ4v) is 2.79. The second-order valence-corrected chi connectivity index (χ2v) is 5.32. The number of nitrogens with one attached hydrogen (secondary N) is 1. The van der Waals surface area contributed by atoms with Gasteiger partial charge in [0.25, 0.3) is 0 Å². The summed E-state index contributed by atoms with van der Waals surface area (Å²) in [5.74, 6) is 0.767. The highest BCUT2D eigenvalue weighted by Crippen LogP contribution is 2.14. The molecule has 0 aliphatic carbocycles. The maximum atomic E-state index is 5.75. The maximum absolute atomic E-state index is 5.75. The van der Waals surface area contributed by atoms with Crippen molar-refractivity contribution >= 4 is 11.3 Å². The van der Waals surface area contributed by atoms with E-state index in [2.05, 4.69) is 17.2 Å². The lowest BCUT2D eigenvalue weighted by Gasteiger charge is -2.22. The first-order valence-electron chi connectivity index (χ1n) is 6.03. The van der Waals surface area contributed by atoms with Crippen LogP contribution in [0.4, 0.5) is 0 Å². The molecule has 0 spiro atoms. The van der Waals surface area contributed by atoms with Crippen LogP contribution in [0.1, 0.15) is 23.4 Å². The van der Waals surface area contributed by atoms with Gasteiger partial charge in [-0.2, -0.15) is 0 Å². The molecular weight excluding hydrogens is 220 g/mol. The number of ether oxygens (including phenoxy) is 1. The zero-order valence-electron chi connectivity index (χ0n) is 9.87. The zero-order valence-corrected chi connectivity index (χ0v) is 10.7. The number of piperidine rings is 1. The second kappa shape index (κ2) is 6.33. The van der Waals surface area contributed by atoms with Gasteiger partial charge in [-0.3, -0.25) is 0 Å². The summed E-state index contributed by atoms with van der Waals surface area (Å²) in [6.07, 6.45) is 3.54. The van der Waals surface area contributed by atoms with Gasteiger partial charge >= 0.3 is 0 Å². The van der Waals surface area contributed by atoms with Crippen LogP contribution in [0.15, 0.2) is 5.51 Å². The van der Waals surface area contributed by atoms with E-state index in [9.17, 15) is 0 Å². The van der Waals surface area contributed by atoms with E-state index in [1.165, 1.54) is 17.7 Å². The van der Waals surface area contributed by atoms with Gasteiger partial charge in [-0.1, -0.05) is 0 Å². The van der Waals surface area contributed by atoms with Crippen molar-refractivity contribution in [1.29, 1.82) is 0 Å². The van der Waals surface area contributed by atoms with Gasteiger partial charge in [-0.25, -0.2) is 4.98 Å². The summed E-state index contributed by atoms with van der Waals surface area (Å²) in [7, 11) is 0. The van der Waals surface area contributed by atoms with Gasteiger partial charge in [0.15, 0.2) is 0 Å². The third kappa shape index (κ3) is 3.54. The van der Waals surface area contributed by atoms with Crippen molar-refractivity contribution in [3.63, 3.8) is 0 Å². The van der Waals surface area contributed by atoms with Gasteiger partial charge in [0.05, 0.1) is 17.8 Å². The molecule has 0 amide bonds. The van der Waals surface area contributed by atoms with Crippen LogP contribution in [-0.2, 0) is 11.2 Å². The Balaban J connectivity index is 1.59. The molecule has 0 bridgehead atoms. The fourth-order valence-electron chi connectivity index (χ4n) is 2.03. The van der Waals surface area contributed by atoms with E-state index >= 15 is 0 Å². The van der Waals surface area contributed by atoms with Crippen molar-refractivity contribution in [2.24, 2.45) is 5.92 Å². The molecule has 0 unspecified atom stereocenters. The fraction of sp³-hybridized carbons (Fsp3) is 0.750. The molecule has 2 heterocycles. The monoisotopic (exact) mass is 240 g/mol. The quantitative estimate of drug-likeness (QED) is 0.799. The normalized spacial score (nSPS) is 17.8. The van der Waals surface area contributed by atoms with Crippen LogP contribution in [0.3, 0.4) is 0 Å². The molecule has 0 atom stereocenters. The van der Waals surface area contributed by atoms with Gasteiger partial charge in [0.2, 0.25) is 0 Å². The smallest absolute Gasteiger partial charge is 0.0797 e. The summed E-state index contributed by atoms with van der Waals surface area (Å²) < 4.78 is 5.75. The van der Waals surface area contributed by atoms with E-state index in [0.29, 0.717) is 0 Å². The Morgan fingerprint density at radius 3 is 3.00 bits per heavy atom. The topological polar surface area (TPSA) is 34.1 Å². The first-order valence-corrected chi connectivity index (χ1v) is 6.91. The molecule has 1 aliphatic rings. The lowest BCUT2D eigenvalue weighted by atomic mass is 9.99. The van der Waals surface area contributed by atoms with Gasteiger partial charge in [-0.15, -0.1) is 11.3 Å². The van der Waals surface area contributed by atoms with Crippen LogP contribution in [0.2, 0.25) is 0 Å². The van der Waals surface area contributed by atoms with E-state index in [4.69, 9.17) is 4.74 Å². The standard InChI is InChI=1S/C12H20N2OS/c1-10-12(16-9-14-10)4-7-15-8-11-2-5-13-6-3-11/h9,11,13H,2-8H2,1H3. The largest absolute Gasteiger partial charge is 0.381 e. The van der Waals surface area contributed by atoms with Crippen molar-refractivity contribution in [3.8, 4) is 0 Å². The molecule has 1 N–H and O–H groups in total. The molecule has 90 valence electrons. The maximum Gasteiger partial charge on any atom is 0.0797 e. The van der Waals surface area contributed by atoms with Gasteiger partial charge in [0.1, 0.15) is 0 Å². The van der Waals surface area contributed by atoms with Crippen LogP contribution in [0.5, 0.6) is 0 Å². The van der Waals surface area contributed by atoms with Gasteiger partial charge in [0, 0.05) is 17.9 Å². The molecule has 2 rings (SSSR count). The van der Waals surface area contributed by atoms with E-state index < -0.39 is 0 Å². The van der Waals surface area contributed by atoms with Crippen molar-refractivity contribution in [2.45, 2.75) is 26.2 Å². The van der Waals surface area contributed by atoms with Crippen LogP contribution in [-0.4, -0.2) is 31.3 Å². The number of aryl methyl sites for hydroxylation is 1. The molecule has 0 aromatic carbocycles. The summed E-state index contributed by atoms with van der Waals surface area (Å²) in [5, 5.41) is 3.37. The van der Waals surface area contributed by atoms with Crippen molar-refractivity contribution in [1.82, 2.24) is 10.3 Å². The van der Waals surface area contributed by atoms with Crippen molar-refractivity contribution in [3.05, 3.63) is 16.1 Å². The predicted molar refractivity (Wildman–Crippen MR) is 67.0 cm³/mol. The third-order valence-corrected chi connectivity index (χ3v) is 4.13. The second-order valence-electron chi connectivity index (χ2n) is 4.38. The summed E-state index contributed by atoms with van der Waals surface area (Å²) in [4.78, 5) is 5.61. The minimum atomic E-state index is 0.767. The summed E-state index contributed by atoms with van der Waals surface area (Å²) >= 11 is 1.73. The van der Waals surface area contributed by atoms with Crippen molar-refractivity contribution in [2.75, 3.05) is 26.3 Å². The SMILES string of the molecule is Cc1ncsc1CCOCC1CCNCC1. The summed E-state index contributed by atoms with van der Waals surface area (Å²) in [6, 6.07) is 0. The average Bonchev–Trinajstić information content (AvgIpc) is 2.72. The highest BCUT2D eigenvalue weighted by Gasteiger charge is 2.12. The lowest BCUT2D eigenvalue weighted by molar-refractivity contribution is 0.0903. The van der Waals surface area contributed by atoms with E-state index in [1.807, 2.05) is 5.51 Å². The van der Waals surface area contributed by atoms with E-state index in [-0.39, 0.29) is 0 Å². The summed E-state index contributed by atoms with van der Waals surface area (Å²) in [6.45, 7) is 6.15. The minimum absolute atomic E-state index is 0.767. The summed E-state index contributed by atoms with van der Waals surface area (Å²) in [5.41, 5.74) is 3.08. The lowest BCUT2D eigenvalue weighted by Crippen LogP contribution is -2.30. The highest BCUT2D eigenvalue weighted by atomic mass is 32.1. The average molecular weight is 240 g/mol. The van der Waals surface area contributed by atoms with Crippen LogP contribution in [0.25, 0.3) is 0 Å². The molecule has 3 nitrogen and oxygen atoms in total. The van der Waals surface area contributed by atoms with Gasteiger partial charge < -0.3 is 10.1 Å². The van der Waals surface area contributed by atoms with Gasteiger partial charge in [-0.05, 0) is 38.8 Å². The molecule has 1 aromatic rings. The number of hydrogen-bond donors (Lipinski definition) is 1.